The van der Waals surface area contributed by atoms with Crippen LogP contribution in [0.5, 0.6) is 0 Å². The van der Waals surface area contributed by atoms with Crippen molar-refractivity contribution < 1.29 is 14.3 Å². The molecule has 2 N–H and O–H groups in total. The number of amides is 2. The largest absolute Gasteiger partial charge is 0.383 e. The summed E-state index contributed by atoms with van der Waals surface area (Å²) in [7, 11) is 1.68. The summed E-state index contributed by atoms with van der Waals surface area (Å²) in [6, 6.07) is 15.1. The number of benzene rings is 2. The molecule has 2 aromatic carbocycles. The highest BCUT2D eigenvalue weighted by molar-refractivity contribution is 5.96. The number of carbonyl (C=O) groups excluding carboxylic acids is 2. The summed E-state index contributed by atoms with van der Waals surface area (Å²) in [5, 5.41) is 6.68. The molecule has 0 spiro atoms. The molecule has 6 heteroatoms. The molecule has 0 bridgehead atoms. The number of hydrogen-bond donors (Lipinski definition) is 2. The number of nitrogens with zero attached hydrogens (tertiary/aromatic N) is 1. The molecule has 0 unspecified atom stereocenters. The lowest BCUT2D eigenvalue weighted by atomic mass is 10.1. The fourth-order valence-electron chi connectivity index (χ4n) is 3.06. The Kier molecular flexibility index (Phi) is 5.88. The molecule has 1 heterocycles. The van der Waals surface area contributed by atoms with Crippen LogP contribution in [0.25, 0.3) is 10.9 Å². The van der Waals surface area contributed by atoms with E-state index in [-0.39, 0.29) is 18.2 Å². The number of para-hydroxylation sites is 1. The van der Waals surface area contributed by atoms with Crippen LogP contribution in [0, 0.1) is 0 Å². The quantitative estimate of drug-likeness (QED) is 0.674. The topological polar surface area (TPSA) is 72.4 Å². The van der Waals surface area contributed by atoms with Crippen LogP contribution in [-0.4, -0.2) is 30.1 Å². The second-order valence-electron chi connectivity index (χ2n) is 6.34. The predicted molar refractivity (Wildman–Crippen MR) is 107 cm³/mol. The summed E-state index contributed by atoms with van der Waals surface area (Å²) < 4.78 is 7.29. The normalized spacial score (nSPS) is 10.7. The Morgan fingerprint density at radius 1 is 1.00 bits per heavy atom. The Morgan fingerprint density at radius 3 is 2.33 bits per heavy atom. The zero-order chi connectivity index (χ0) is 19.2. The molecule has 0 fully saturated rings. The number of hydrogen-bond acceptors (Lipinski definition) is 3. The minimum absolute atomic E-state index is 0.0862. The number of aromatic nitrogens is 1. The van der Waals surface area contributed by atoms with Crippen LogP contribution in [0.4, 0.5) is 11.4 Å². The zero-order valence-corrected chi connectivity index (χ0v) is 15.5. The SMILES string of the molecule is COCCn1cc(CC(=O)Nc2ccc(NC(C)=O)cc2)c2ccccc21. The van der Waals surface area contributed by atoms with Crippen LogP contribution < -0.4 is 10.6 Å². The van der Waals surface area contributed by atoms with E-state index in [1.165, 1.54) is 6.92 Å². The van der Waals surface area contributed by atoms with Gasteiger partial charge in [-0.15, -0.1) is 0 Å². The Bertz CT molecular complexity index is 945. The van der Waals surface area contributed by atoms with Crippen molar-refractivity contribution in [3.05, 3.63) is 60.3 Å². The average Bonchev–Trinajstić information content (AvgIpc) is 2.99. The molecule has 0 saturated carbocycles. The summed E-state index contributed by atoms with van der Waals surface area (Å²) in [5.41, 5.74) is 3.46. The minimum Gasteiger partial charge on any atom is -0.383 e. The van der Waals surface area contributed by atoms with Gasteiger partial charge in [-0.25, -0.2) is 0 Å². The third-order valence-corrected chi connectivity index (χ3v) is 4.25. The van der Waals surface area contributed by atoms with E-state index in [2.05, 4.69) is 15.2 Å². The summed E-state index contributed by atoms with van der Waals surface area (Å²) in [4.78, 5) is 23.6. The molecule has 27 heavy (non-hydrogen) atoms. The van der Waals surface area contributed by atoms with E-state index >= 15 is 0 Å². The summed E-state index contributed by atoms with van der Waals surface area (Å²) in [5.74, 6) is -0.214. The van der Waals surface area contributed by atoms with Gasteiger partial charge >= 0.3 is 0 Å². The number of nitrogens with one attached hydrogen (secondary N) is 2. The summed E-state index contributed by atoms with van der Waals surface area (Å²) in [6.07, 6.45) is 2.30. The average molecular weight is 365 g/mol. The van der Waals surface area contributed by atoms with Gasteiger partial charge < -0.3 is 19.9 Å². The summed E-state index contributed by atoms with van der Waals surface area (Å²) in [6.45, 7) is 2.81. The van der Waals surface area contributed by atoms with Crippen molar-refractivity contribution in [1.82, 2.24) is 4.57 Å². The molecule has 0 aliphatic heterocycles. The lowest BCUT2D eigenvalue weighted by Gasteiger charge is -2.07. The molecule has 140 valence electrons. The molecule has 3 aromatic rings. The second-order valence-corrected chi connectivity index (χ2v) is 6.34. The first-order chi connectivity index (χ1) is 13.1. The van der Waals surface area contributed by atoms with Crippen molar-refractivity contribution in [2.45, 2.75) is 19.9 Å². The van der Waals surface area contributed by atoms with Gasteiger partial charge in [0, 0.05) is 49.1 Å². The van der Waals surface area contributed by atoms with E-state index in [1.54, 1.807) is 31.4 Å². The monoisotopic (exact) mass is 365 g/mol. The van der Waals surface area contributed by atoms with E-state index < -0.39 is 0 Å². The lowest BCUT2D eigenvalue weighted by molar-refractivity contribution is -0.116. The highest BCUT2D eigenvalue weighted by atomic mass is 16.5. The van der Waals surface area contributed by atoms with Crippen LogP contribution >= 0.6 is 0 Å². The van der Waals surface area contributed by atoms with Crippen LogP contribution in [0.1, 0.15) is 12.5 Å². The number of fused-ring (bicyclic) bond motifs is 1. The zero-order valence-electron chi connectivity index (χ0n) is 15.5. The van der Waals surface area contributed by atoms with Crippen molar-refractivity contribution in [3.8, 4) is 0 Å². The number of methoxy groups -OCH3 is 1. The fraction of sp³-hybridized carbons (Fsp3) is 0.238. The first kappa shape index (κ1) is 18.7. The standard InChI is InChI=1S/C21H23N3O3/c1-15(25)22-17-7-9-18(10-8-17)23-21(26)13-16-14-24(11-12-27-2)20-6-4-3-5-19(16)20/h3-10,14H,11-13H2,1-2H3,(H,22,25)(H,23,26). The van der Waals surface area contributed by atoms with E-state index in [4.69, 9.17) is 4.74 Å². The van der Waals surface area contributed by atoms with E-state index in [9.17, 15) is 9.59 Å². The fourth-order valence-corrected chi connectivity index (χ4v) is 3.06. The number of ether oxygens (including phenoxy) is 1. The van der Waals surface area contributed by atoms with Crippen molar-refractivity contribution in [2.24, 2.45) is 0 Å². The third-order valence-electron chi connectivity index (χ3n) is 4.25. The molecular weight excluding hydrogens is 342 g/mol. The van der Waals surface area contributed by atoms with Gasteiger partial charge in [0.1, 0.15) is 0 Å². The van der Waals surface area contributed by atoms with Crippen molar-refractivity contribution in [2.75, 3.05) is 24.4 Å². The van der Waals surface area contributed by atoms with E-state index in [1.807, 2.05) is 30.5 Å². The highest BCUT2D eigenvalue weighted by Crippen LogP contribution is 2.22. The van der Waals surface area contributed by atoms with Crippen LogP contribution in [0.2, 0.25) is 0 Å². The first-order valence-electron chi connectivity index (χ1n) is 8.80. The van der Waals surface area contributed by atoms with Crippen molar-refractivity contribution in [3.63, 3.8) is 0 Å². The van der Waals surface area contributed by atoms with Gasteiger partial charge in [0.25, 0.3) is 0 Å². The van der Waals surface area contributed by atoms with Gasteiger partial charge in [0.15, 0.2) is 0 Å². The molecule has 0 aliphatic carbocycles. The molecular formula is C21H23N3O3. The van der Waals surface area contributed by atoms with Crippen LogP contribution in [-0.2, 0) is 27.3 Å². The number of carbonyl (C=O) groups is 2. The van der Waals surface area contributed by atoms with Crippen LogP contribution in [0.3, 0.4) is 0 Å². The van der Waals surface area contributed by atoms with E-state index in [0.29, 0.717) is 18.0 Å². The minimum atomic E-state index is -0.128. The van der Waals surface area contributed by atoms with Crippen molar-refractivity contribution >= 4 is 34.1 Å². The second kappa shape index (κ2) is 8.51. The van der Waals surface area contributed by atoms with Crippen molar-refractivity contribution in [1.29, 1.82) is 0 Å². The van der Waals surface area contributed by atoms with E-state index in [0.717, 1.165) is 23.0 Å². The number of rotatable bonds is 7. The van der Waals surface area contributed by atoms with Gasteiger partial charge in [0.2, 0.25) is 11.8 Å². The first-order valence-corrected chi connectivity index (χ1v) is 8.80. The van der Waals surface area contributed by atoms with Crippen LogP contribution in [0.15, 0.2) is 54.7 Å². The maximum absolute atomic E-state index is 12.5. The molecule has 0 saturated heterocycles. The molecule has 0 atom stereocenters. The maximum atomic E-state index is 12.5. The van der Waals surface area contributed by atoms with Gasteiger partial charge in [-0.3, -0.25) is 9.59 Å². The molecule has 0 aliphatic rings. The van der Waals surface area contributed by atoms with Gasteiger partial charge in [-0.05, 0) is 35.9 Å². The third kappa shape index (κ3) is 4.74. The molecule has 6 nitrogen and oxygen atoms in total. The molecule has 3 rings (SSSR count). The van der Waals surface area contributed by atoms with Gasteiger partial charge in [0.05, 0.1) is 13.0 Å². The molecule has 1 aromatic heterocycles. The summed E-state index contributed by atoms with van der Waals surface area (Å²) >= 11 is 0. The highest BCUT2D eigenvalue weighted by Gasteiger charge is 2.12. The Morgan fingerprint density at radius 2 is 1.67 bits per heavy atom. The lowest BCUT2D eigenvalue weighted by Crippen LogP contribution is -2.14. The molecule has 2 amide bonds. The predicted octanol–water partition coefficient (Wildman–Crippen LogP) is 3.43. The Balaban J connectivity index is 1.71. The number of anilines is 2. The smallest absolute Gasteiger partial charge is 0.228 e. The Labute approximate surface area is 158 Å². The molecule has 0 radical (unpaired) electrons. The van der Waals surface area contributed by atoms with Gasteiger partial charge in [-0.2, -0.15) is 0 Å². The maximum Gasteiger partial charge on any atom is 0.228 e. The Hall–Kier alpha value is -3.12. The van der Waals surface area contributed by atoms with Gasteiger partial charge in [-0.1, -0.05) is 18.2 Å².